The molecule has 0 bridgehead atoms. The third-order valence-electron chi connectivity index (χ3n) is 4.19. The standard InChI is InChI=1S/C17H15FN2O2S/c18-12-6-5-11-7-13(20-15(11)8-12)9-19-16-10-23(21,22)17-4-2-1-3-14(16)17/h1-8,16,19-20H,9-10H2. The summed E-state index contributed by atoms with van der Waals surface area (Å²) in [7, 11) is -3.21. The summed E-state index contributed by atoms with van der Waals surface area (Å²) in [5.41, 5.74) is 2.45. The van der Waals surface area contributed by atoms with Crippen LogP contribution in [0, 0.1) is 5.82 Å². The van der Waals surface area contributed by atoms with Crippen LogP contribution >= 0.6 is 0 Å². The predicted octanol–water partition coefficient (Wildman–Crippen LogP) is 2.93. The van der Waals surface area contributed by atoms with E-state index in [9.17, 15) is 12.8 Å². The van der Waals surface area contributed by atoms with Crippen LogP contribution in [0.15, 0.2) is 53.4 Å². The fourth-order valence-corrected chi connectivity index (χ4v) is 4.88. The van der Waals surface area contributed by atoms with Gasteiger partial charge in [-0.3, -0.25) is 0 Å². The van der Waals surface area contributed by atoms with Crippen molar-refractivity contribution in [3.63, 3.8) is 0 Å². The highest BCUT2D eigenvalue weighted by Gasteiger charge is 2.33. The quantitative estimate of drug-likeness (QED) is 0.776. The van der Waals surface area contributed by atoms with Crippen LogP contribution in [0.5, 0.6) is 0 Å². The van der Waals surface area contributed by atoms with E-state index in [-0.39, 0.29) is 17.6 Å². The van der Waals surface area contributed by atoms with Crippen molar-refractivity contribution in [2.24, 2.45) is 0 Å². The number of aromatic amines is 1. The highest BCUT2D eigenvalue weighted by atomic mass is 32.2. The number of benzene rings is 2. The Morgan fingerprint density at radius 1 is 1.17 bits per heavy atom. The Labute approximate surface area is 133 Å². The molecule has 1 aliphatic heterocycles. The lowest BCUT2D eigenvalue weighted by Gasteiger charge is -2.11. The summed E-state index contributed by atoms with van der Waals surface area (Å²) in [5, 5.41) is 4.21. The van der Waals surface area contributed by atoms with E-state index < -0.39 is 9.84 Å². The van der Waals surface area contributed by atoms with Gasteiger partial charge in [0.15, 0.2) is 9.84 Å². The Morgan fingerprint density at radius 2 is 2.00 bits per heavy atom. The van der Waals surface area contributed by atoms with Crippen LogP contribution in [0.2, 0.25) is 0 Å². The Hall–Kier alpha value is -2.18. The molecule has 0 spiro atoms. The molecule has 1 unspecified atom stereocenters. The number of halogens is 1. The second-order valence-corrected chi connectivity index (χ2v) is 7.78. The number of hydrogen-bond acceptors (Lipinski definition) is 3. The molecule has 0 aliphatic carbocycles. The molecule has 2 aromatic carbocycles. The summed E-state index contributed by atoms with van der Waals surface area (Å²) >= 11 is 0. The van der Waals surface area contributed by atoms with E-state index in [4.69, 9.17) is 0 Å². The molecular weight excluding hydrogens is 315 g/mol. The number of rotatable bonds is 3. The van der Waals surface area contributed by atoms with E-state index in [1.54, 1.807) is 18.2 Å². The van der Waals surface area contributed by atoms with Crippen molar-refractivity contribution in [3.8, 4) is 0 Å². The first kappa shape index (κ1) is 14.4. The molecule has 4 rings (SSSR count). The van der Waals surface area contributed by atoms with Gasteiger partial charge < -0.3 is 10.3 Å². The van der Waals surface area contributed by atoms with Gasteiger partial charge in [0.05, 0.1) is 10.6 Å². The van der Waals surface area contributed by atoms with Crippen LogP contribution in [0.3, 0.4) is 0 Å². The minimum absolute atomic E-state index is 0.0706. The zero-order valence-electron chi connectivity index (χ0n) is 12.2. The molecule has 118 valence electrons. The van der Waals surface area contributed by atoms with E-state index in [1.807, 2.05) is 18.2 Å². The molecule has 0 amide bonds. The van der Waals surface area contributed by atoms with Gasteiger partial charge in [0.2, 0.25) is 0 Å². The van der Waals surface area contributed by atoms with Crippen LogP contribution in [-0.4, -0.2) is 19.2 Å². The van der Waals surface area contributed by atoms with Crippen LogP contribution < -0.4 is 5.32 Å². The lowest BCUT2D eigenvalue weighted by Crippen LogP contribution is -2.22. The second-order valence-electron chi connectivity index (χ2n) is 5.78. The summed E-state index contributed by atoms with van der Waals surface area (Å²) < 4.78 is 37.6. The number of nitrogens with one attached hydrogen (secondary N) is 2. The molecule has 2 heterocycles. The summed E-state index contributed by atoms with van der Waals surface area (Å²) in [4.78, 5) is 3.57. The van der Waals surface area contributed by atoms with Gasteiger partial charge in [-0.05, 0) is 41.3 Å². The predicted molar refractivity (Wildman–Crippen MR) is 86.3 cm³/mol. The Balaban J connectivity index is 1.57. The molecule has 0 fully saturated rings. The van der Waals surface area contributed by atoms with Crippen molar-refractivity contribution in [1.29, 1.82) is 0 Å². The molecule has 1 aliphatic rings. The highest BCUT2D eigenvalue weighted by Crippen LogP contribution is 2.33. The number of fused-ring (bicyclic) bond motifs is 2. The molecule has 23 heavy (non-hydrogen) atoms. The minimum Gasteiger partial charge on any atom is -0.357 e. The number of aromatic nitrogens is 1. The van der Waals surface area contributed by atoms with Gasteiger partial charge in [-0.15, -0.1) is 0 Å². The minimum atomic E-state index is -3.21. The maximum absolute atomic E-state index is 13.2. The molecule has 6 heteroatoms. The Kier molecular flexibility index (Phi) is 3.25. The number of H-pyrrole nitrogens is 1. The van der Waals surface area contributed by atoms with Crippen LogP contribution in [0.1, 0.15) is 17.3 Å². The first-order chi connectivity index (χ1) is 11.0. The monoisotopic (exact) mass is 330 g/mol. The van der Waals surface area contributed by atoms with Crippen molar-refractivity contribution >= 4 is 20.7 Å². The van der Waals surface area contributed by atoms with Crippen LogP contribution in [0.25, 0.3) is 10.9 Å². The van der Waals surface area contributed by atoms with E-state index in [0.717, 1.165) is 22.2 Å². The Morgan fingerprint density at radius 3 is 2.87 bits per heavy atom. The first-order valence-electron chi connectivity index (χ1n) is 7.35. The lowest BCUT2D eigenvalue weighted by atomic mass is 10.1. The summed E-state index contributed by atoms with van der Waals surface area (Å²) in [6.07, 6.45) is 0. The zero-order chi connectivity index (χ0) is 16.0. The topological polar surface area (TPSA) is 62.0 Å². The number of hydrogen-bond donors (Lipinski definition) is 2. The van der Waals surface area contributed by atoms with Crippen molar-refractivity contribution < 1.29 is 12.8 Å². The van der Waals surface area contributed by atoms with Gasteiger partial charge in [0, 0.05) is 23.8 Å². The van der Waals surface area contributed by atoms with Crippen molar-refractivity contribution in [2.75, 3.05) is 5.75 Å². The molecule has 1 atom stereocenters. The van der Waals surface area contributed by atoms with Crippen molar-refractivity contribution in [3.05, 3.63) is 65.6 Å². The van der Waals surface area contributed by atoms with E-state index in [1.165, 1.54) is 12.1 Å². The number of sulfone groups is 1. The summed E-state index contributed by atoms with van der Waals surface area (Å²) in [6, 6.07) is 13.4. The molecule has 2 N–H and O–H groups in total. The third-order valence-corrected chi connectivity index (χ3v) is 6.01. The third kappa shape index (κ3) is 2.54. The van der Waals surface area contributed by atoms with Gasteiger partial charge in [0.1, 0.15) is 5.82 Å². The SMILES string of the molecule is O=S1(=O)CC(NCc2cc3ccc(F)cc3[nH]2)c2ccccc21. The molecular formula is C17H15FN2O2S. The van der Waals surface area contributed by atoms with Gasteiger partial charge in [-0.2, -0.15) is 0 Å². The van der Waals surface area contributed by atoms with Gasteiger partial charge in [0.25, 0.3) is 0 Å². The lowest BCUT2D eigenvalue weighted by molar-refractivity contribution is 0.563. The van der Waals surface area contributed by atoms with Crippen LogP contribution in [-0.2, 0) is 16.4 Å². The zero-order valence-corrected chi connectivity index (χ0v) is 13.0. The average molecular weight is 330 g/mol. The van der Waals surface area contributed by atoms with E-state index in [0.29, 0.717) is 11.4 Å². The van der Waals surface area contributed by atoms with Crippen LogP contribution in [0.4, 0.5) is 4.39 Å². The molecule has 1 aromatic heterocycles. The molecule has 0 saturated heterocycles. The second kappa shape index (κ2) is 5.18. The van der Waals surface area contributed by atoms with Gasteiger partial charge in [-0.1, -0.05) is 18.2 Å². The molecule has 3 aromatic rings. The van der Waals surface area contributed by atoms with E-state index >= 15 is 0 Å². The van der Waals surface area contributed by atoms with Crippen molar-refractivity contribution in [2.45, 2.75) is 17.5 Å². The smallest absolute Gasteiger partial charge is 0.180 e. The van der Waals surface area contributed by atoms with Gasteiger partial charge in [-0.25, -0.2) is 12.8 Å². The fraction of sp³-hybridized carbons (Fsp3) is 0.176. The van der Waals surface area contributed by atoms with Crippen molar-refractivity contribution in [1.82, 2.24) is 10.3 Å². The maximum atomic E-state index is 13.2. The molecule has 0 saturated carbocycles. The first-order valence-corrected chi connectivity index (χ1v) is 9.00. The normalized spacial score (nSPS) is 19.1. The largest absolute Gasteiger partial charge is 0.357 e. The molecule has 4 nitrogen and oxygen atoms in total. The molecule has 0 radical (unpaired) electrons. The maximum Gasteiger partial charge on any atom is 0.180 e. The van der Waals surface area contributed by atoms with Gasteiger partial charge >= 0.3 is 0 Å². The van der Waals surface area contributed by atoms with E-state index in [2.05, 4.69) is 10.3 Å². The fourth-order valence-electron chi connectivity index (χ4n) is 3.11. The Bertz CT molecular complexity index is 995. The average Bonchev–Trinajstić information content (AvgIpc) is 3.04. The summed E-state index contributed by atoms with van der Waals surface area (Å²) in [5.74, 6) is -0.212. The highest BCUT2D eigenvalue weighted by molar-refractivity contribution is 7.91. The summed E-state index contributed by atoms with van der Waals surface area (Å²) in [6.45, 7) is 0.491.